The molecule has 1 aromatic heterocycles. The van der Waals surface area contributed by atoms with Gasteiger partial charge in [0.05, 0.1) is 21.2 Å². The fourth-order valence-electron chi connectivity index (χ4n) is 5.11. The molecule has 3 N–H and O–H groups in total. The van der Waals surface area contributed by atoms with Crippen LogP contribution in [0.1, 0.15) is 0 Å². The molecule has 0 spiro atoms. The van der Waals surface area contributed by atoms with Crippen molar-refractivity contribution in [1.82, 2.24) is 19.7 Å². The highest BCUT2D eigenvalue weighted by molar-refractivity contribution is 7.93. The summed E-state index contributed by atoms with van der Waals surface area (Å²) in [7, 11) is -7.67. The van der Waals surface area contributed by atoms with Crippen LogP contribution in [0.5, 0.6) is 0 Å². The van der Waals surface area contributed by atoms with Gasteiger partial charge in [0, 0.05) is 62.2 Å². The van der Waals surface area contributed by atoms with Crippen molar-refractivity contribution in [3.63, 3.8) is 0 Å². The number of anilines is 3. The van der Waals surface area contributed by atoms with E-state index in [4.69, 9.17) is 0 Å². The Kier molecular flexibility index (Phi) is 7.82. The summed E-state index contributed by atoms with van der Waals surface area (Å²) in [4.78, 5) is 24.0. The molecule has 46 heavy (non-hydrogen) atoms. The zero-order valence-electron chi connectivity index (χ0n) is 24.3. The van der Waals surface area contributed by atoms with Crippen LogP contribution < -0.4 is 14.8 Å². The molecule has 0 unspecified atom stereocenters. The lowest BCUT2D eigenvalue weighted by Gasteiger charge is -2.36. The number of aromatic nitrogens is 1. The molecule has 7 rings (SSSR count). The van der Waals surface area contributed by atoms with Crippen molar-refractivity contribution >= 4 is 65.2 Å². The first-order valence-electron chi connectivity index (χ1n) is 14.4. The Bertz CT molecular complexity index is 1940. The minimum atomic E-state index is -3.90. The molecule has 17 heteroatoms. The van der Waals surface area contributed by atoms with E-state index in [9.17, 15) is 21.6 Å². The van der Waals surface area contributed by atoms with Crippen LogP contribution in [0, 0.1) is 0 Å². The van der Waals surface area contributed by atoms with E-state index in [0.717, 1.165) is 39.3 Å². The van der Waals surface area contributed by atoms with E-state index in [1.54, 1.807) is 41.8 Å². The van der Waals surface area contributed by atoms with Gasteiger partial charge in [-0.15, -0.1) is 11.3 Å². The first kappa shape index (κ1) is 30.4. The van der Waals surface area contributed by atoms with Crippen LogP contribution in [0.4, 0.5) is 27.9 Å². The van der Waals surface area contributed by atoms with E-state index in [0.29, 0.717) is 22.7 Å². The zero-order valence-corrected chi connectivity index (χ0v) is 26.7. The summed E-state index contributed by atoms with van der Waals surface area (Å²) < 4.78 is 56.1. The van der Waals surface area contributed by atoms with Crippen LogP contribution in [0.15, 0.2) is 104 Å². The number of hydrogen-bond acceptors (Lipinski definition) is 12. The van der Waals surface area contributed by atoms with E-state index in [1.165, 1.54) is 53.9 Å². The summed E-state index contributed by atoms with van der Waals surface area (Å²) in [5, 5.41) is 13.2. The van der Waals surface area contributed by atoms with Gasteiger partial charge in [-0.05, 0) is 72.8 Å². The maximum Gasteiger partial charge on any atom is 0.275 e. The predicted molar refractivity (Wildman–Crippen MR) is 173 cm³/mol. The summed E-state index contributed by atoms with van der Waals surface area (Å²) in [5.74, 6) is -0.859. The third-order valence-electron chi connectivity index (χ3n) is 7.59. The minimum absolute atomic E-state index is 0.0515. The number of carbonyl (C=O) groups excluding carboxylic acids is 1. The van der Waals surface area contributed by atoms with Gasteiger partial charge < -0.3 is 5.32 Å². The van der Waals surface area contributed by atoms with E-state index in [-0.39, 0.29) is 20.8 Å². The molecule has 4 aromatic rings. The highest BCUT2D eigenvalue weighted by atomic mass is 32.2. The topological polar surface area (TPSA) is 168 Å². The Morgan fingerprint density at radius 1 is 0.674 bits per heavy atom. The van der Waals surface area contributed by atoms with Gasteiger partial charge in [0.1, 0.15) is 0 Å². The number of benzene rings is 3. The predicted octanol–water partition coefficient (Wildman–Crippen LogP) is 3.70. The molecule has 0 saturated carbocycles. The molecule has 0 radical (unpaired) electrons. The van der Waals surface area contributed by atoms with Gasteiger partial charge in [0.15, 0.2) is 5.13 Å². The number of rotatable bonds is 13. The normalized spacial score (nSPS) is 17.1. The molecular weight excluding hydrogens is 651 g/mol. The molecule has 0 bridgehead atoms. The largest absolute Gasteiger partial charge is 0.322 e. The quantitative estimate of drug-likeness (QED) is 0.141. The Morgan fingerprint density at radius 2 is 1.13 bits per heavy atom. The van der Waals surface area contributed by atoms with E-state index < -0.39 is 25.8 Å². The van der Waals surface area contributed by atoms with Gasteiger partial charge in [0.2, 0.25) is 5.79 Å². The van der Waals surface area contributed by atoms with Crippen molar-refractivity contribution in [2.75, 3.05) is 54.0 Å². The minimum Gasteiger partial charge on any atom is -0.322 e. The first-order valence-corrected chi connectivity index (χ1v) is 18.2. The van der Waals surface area contributed by atoms with Crippen molar-refractivity contribution in [2.45, 2.75) is 15.6 Å². The Hall–Kier alpha value is -4.26. The number of hydrogen-bond donors (Lipinski definition) is 3. The molecule has 238 valence electrons. The number of nitrogens with one attached hydrogen (secondary N) is 3. The molecule has 3 saturated heterocycles. The fraction of sp³-hybridized carbons (Fsp3) is 0.241. The average Bonchev–Trinajstić information content (AvgIpc) is 3.91. The number of sulfonamides is 2. The monoisotopic (exact) mass is 679 g/mol. The second-order valence-corrected chi connectivity index (χ2v) is 15.1. The Morgan fingerprint density at radius 3 is 1.61 bits per heavy atom. The summed E-state index contributed by atoms with van der Waals surface area (Å²) in [5.41, 5.74) is 1.76. The van der Waals surface area contributed by atoms with Crippen molar-refractivity contribution in [3.8, 4) is 0 Å². The van der Waals surface area contributed by atoms with Gasteiger partial charge in [-0.2, -0.15) is 10.2 Å². The fourth-order valence-corrected chi connectivity index (χ4v) is 7.96. The Balaban J connectivity index is 0.957. The summed E-state index contributed by atoms with van der Waals surface area (Å²) in [6.45, 7) is 5.26. The van der Waals surface area contributed by atoms with Gasteiger partial charge in [-0.1, -0.05) is 0 Å². The summed E-state index contributed by atoms with van der Waals surface area (Å²) in [6.07, 6.45) is 1.51. The van der Waals surface area contributed by atoms with Gasteiger partial charge in [0.25, 0.3) is 26.0 Å². The molecule has 0 atom stereocenters. The summed E-state index contributed by atoms with van der Waals surface area (Å²) >= 11 is 1.18. The van der Waals surface area contributed by atoms with Crippen molar-refractivity contribution in [2.24, 2.45) is 10.2 Å². The molecule has 3 aliphatic heterocycles. The molecule has 14 nitrogen and oxygen atoms in total. The van der Waals surface area contributed by atoms with Crippen LogP contribution in [0.25, 0.3) is 0 Å². The average molecular weight is 680 g/mol. The molecule has 3 aliphatic rings. The third kappa shape index (κ3) is 6.37. The highest BCUT2D eigenvalue weighted by Crippen LogP contribution is 2.40. The van der Waals surface area contributed by atoms with E-state index in [2.05, 4.69) is 44.7 Å². The lowest BCUT2D eigenvalue weighted by molar-refractivity contribution is -0.139. The van der Waals surface area contributed by atoms with Crippen molar-refractivity contribution < 1.29 is 21.6 Å². The lowest BCUT2D eigenvalue weighted by atomic mass is 10.2. The SMILES string of the molecule is O=C(Nc1ccc(S(=O)(=O)Nc2ccc(N=Nc3ccc(S(=O)(=O)Nc4nccs4)cc3)cc2)cc1)C(N1CC1)(N1CC1)N1CC1. The number of thiazole rings is 1. The molecular formula is C29H29N9O5S3. The highest BCUT2D eigenvalue weighted by Gasteiger charge is 2.63. The second kappa shape index (κ2) is 11.8. The van der Waals surface area contributed by atoms with Crippen molar-refractivity contribution in [1.29, 1.82) is 0 Å². The second-order valence-electron chi connectivity index (χ2n) is 10.9. The first-order chi connectivity index (χ1) is 22.1. The van der Waals surface area contributed by atoms with Crippen LogP contribution in [0.2, 0.25) is 0 Å². The standard InChI is InChI=1S/C29H29N9O5S3/c39-27(29(36-14-15-36,37-16-17-37)38-18-19-38)31-21-5-9-25(10-6-21)45(40,41)34-24-3-1-22(2-4-24)32-33-23-7-11-26(12-8-23)46(42,43)35-28-30-13-20-44-28/h1-13,20,34H,14-19H2,(H,30,35)(H,31,39). The third-order valence-corrected chi connectivity index (χ3v) is 11.2. The summed E-state index contributed by atoms with van der Waals surface area (Å²) in [6, 6.07) is 18.3. The smallest absolute Gasteiger partial charge is 0.275 e. The number of azo groups is 1. The van der Waals surface area contributed by atoms with Gasteiger partial charge in [-0.25, -0.2) is 21.8 Å². The molecule has 3 fully saturated rings. The number of nitrogens with zero attached hydrogens (tertiary/aromatic N) is 6. The van der Waals surface area contributed by atoms with Crippen LogP contribution in [0.3, 0.4) is 0 Å². The van der Waals surface area contributed by atoms with E-state index >= 15 is 0 Å². The number of amides is 1. The zero-order chi connectivity index (χ0) is 31.9. The maximum absolute atomic E-state index is 13.4. The van der Waals surface area contributed by atoms with Crippen molar-refractivity contribution in [3.05, 3.63) is 84.4 Å². The maximum atomic E-state index is 13.4. The molecule has 0 aliphatic carbocycles. The lowest BCUT2D eigenvalue weighted by Crippen LogP contribution is -2.61. The van der Waals surface area contributed by atoms with Crippen LogP contribution >= 0.6 is 11.3 Å². The van der Waals surface area contributed by atoms with E-state index in [1.807, 2.05) is 0 Å². The van der Waals surface area contributed by atoms with Gasteiger partial charge in [-0.3, -0.25) is 28.9 Å². The van der Waals surface area contributed by atoms with Crippen LogP contribution in [-0.2, 0) is 24.8 Å². The van der Waals surface area contributed by atoms with Crippen LogP contribution in [-0.4, -0.2) is 87.5 Å². The Labute approximate surface area is 269 Å². The molecule has 1 amide bonds. The number of carbonyl (C=O) groups is 1. The van der Waals surface area contributed by atoms with Gasteiger partial charge >= 0.3 is 0 Å². The molecule has 4 heterocycles. The molecule has 3 aromatic carbocycles.